The summed E-state index contributed by atoms with van der Waals surface area (Å²) in [5.41, 5.74) is 1.86. The van der Waals surface area contributed by atoms with Crippen molar-refractivity contribution in [2.24, 2.45) is 0 Å². The lowest BCUT2D eigenvalue weighted by Gasteiger charge is -2.24. The van der Waals surface area contributed by atoms with Gasteiger partial charge in [-0.3, -0.25) is 19.6 Å². The second kappa shape index (κ2) is 8.07. The van der Waals surface area contributed by atoms with Gasteiger partial charge in [0.25, 0.3) is 11.7 Å². The number of aromatic nitrogens is 2. The Bertz CT molecular complexity index is 1350. The van der Waals surface area contributed by atoms with E-state index in [1.54, 1.807) is 55.0 Å². The predicted molar refractivity (Wildman–Crippen MR) is 120 cm³/mol. The number of carbonyl (C=O) groups excluding carboxylic acids is 2. The Hall–Kier alpha value is -4.32. The molecule has 32 heavy (non-hydrogen) atoms. The van der Waals surface area contributed by atoms with Crippen LogP contribution >= 0.6 is 0 Å². The highest BCUT2D eigenvalue weighted by molar-refractivity contribution is 6.46. The fraction of sp³-hybridized carbons (Fsp3) is 0.0769. The average Bonchev–Trinajstić information content (AvgIpc) is 3.09. The maximum Gasteiger partial charge on any atom is 0.296 e. The fourth-order valence-corrected chi connectivity index (χ4v) is 4.07. The van der Waals surface area contributed by atoms with Crippen LogP contribution in [-0.4, -0.2) is 31.7 Å². The summed E-state index contributed by atoms with van der Waals surface area (Å²) in [6.07, 6.45) is 4.88. The summed E-state index contributed by atoms with van der Waals surface area (Å²) in [7, 11) is 0. The third kappa shape index (κ3) is 3.41. The summed E-state index contributed by atoms with van der Waals surface area (Å²) in [6, 6.07) is 21.3. The van der Waals surface area contributed by atoms with Gasteiger partial charge in [0.1, 0.15) is 11.8 Å². The van der Waals surface area contributed by atoms with Crippen molar-refractivity contribution in [2.45, 2.75) is 12.6 Å². The minimum absolute atomic E-state index is 0.0398. The highest BCUT2D eigenvalue weighted by Gasteiger charge is 2.46. The van der Waals surface area contributed by atoms with Crippen LogP contribution in [0.4, 0.5) is 0 Å². The van der Waals surface area contributed by atoms with Crippen molar-refractivity contribution in [3.63, 3.8) is 0 Å². The van der Waals surface area contributed by atoms with Crippen molar-refractivity contribution in [3.05, 3.63) is 114 Å². The van der Waals surface area contributed by atoms with Gasteiger partial charge in [-0.25, -0.2) is 0 Å². The van der Waals surface area contributed by atoms with Gasteiger partial charge in [-0.1, -0.05) is 42.5 Å². The standard InChI is InChI=1S/C26H19N3O3/c30-24(20-9-8-18-5-1-2-6-19(18)15-20)22-23(21-7-3-4-12-28-21)29(26(32)25(22)31)16-17-10-13-27-14-11-17/h1-15,23,30H,16H2/b24-22-. The number of amides is 1. The molecule has 1 aliphatic heterocycles. The molecule has 5 rings (SSSR count). The van der Waals surface area contributed by atoms with Gasteiger partial charge in [-0.15, -0.1) is 0 Å². The van der Waals surface area contributed by atoms with Crippen molar-refractivity contribution in [3.8, 4) is 0 Å². The van der Waals surface area contributed by atoms with E-state index in [2.05, 4.69) is 9.97 Å². The van der Waals surface area contributed by atoms with Crippen LogP contribution in [0.1, 0.15) is 22.9 Å². The van der Waals surface area contributed by atoms with Crippen LogP contribution in [0, 0.1) is 0 Å². The van der Waals surface area contributed by atoms with Crippen molar-refractivity contribution in [2.75, 3.05) is 0 Å². The zero-order chi connectivity index (χ0) is 22.1. The summed E-state index contributed by atoms with van der Waals surface area (Å²) < 4.78 is 0. The lowest BCUT2D eigenvalue weighted by atomic mass is 9.97. The molecule has 0 radical (unpaired) electrons. The van der Waals surface area contributed by atoms with Gasteiger partial charge in [-0.05, 0) is 46.7 Å². The summed E-state index contributed by atoms with van der Waals surface area (Å²) in [4.78, 5) is 36.0. The highest BCUT2D eigenvalue weighted by atomic mass is 16.3. The molecule has 1 atom stereocenters. The second-order valence-corrected chi connectivity index (χ2v) is 7.60. The molecule has 156 valence electrons. The third-order valence-corrected chi connectivity index (χ3v) is 5.63. The van der Waals surface area contributed by atoms with E-state index in [9.17, 15) is 14.7 Å². The topological polar surface area (TPSA) is 83.4 Å². The van der Waals surface area contributed by atoms with Crippen LogP contribution in [0.3, 0.4) is 0 Å². The molecule has 0 aliphatic carbocycles. The Kier molecular flexibility index (Phi) is 4.95. The minimum atomic E-state index is -0.796. The number of Topliss-reactive ketones (excluding diaryl/α,β-unsaturated/α-hetero) is 1. The number of ketones is 1. The number of hydrogen-bond acceptors (Lipinski definition) is 5. The van der Waals surface area contributed by atoms with Crippen LogP contribution in [-0.2, 0) is 16.1 Å². The number of carbonyl (C=O) groups is 2. The molecule has 4 aromatic rings. The Labute approximate surface area is 184 Å². The van der Waals surface area contributed by atoms with Gasteiger partial charge in [0.15, 0.2) is 0 Å². The number of benzene rings is 2. The molecule has 1 unspecified atom stereocenters. The van der Waals surface area contributed by atoms with E-state index < -0.39 is 17.7 Å². The van der Waals surface area contributed by atoms with Crippen molar-refractivity contribution < 1.29 is 14.7 Å². The summed E-state index contributed by atoms with van der Waals surface area (Å²) in [5.74, 6) is -1.60. The average molecular weight is 421 g/mol. The first kappa shape index (κ1) is 19.6. The molecule has 2 aromatic carbocycles. The van der Waals surface area contributed by atoms with E-state index in [1.807, 2.05) is 36.4 Å². The molecule has 1 N–H and O–H groups in total. The molecule has 3 heterocycles. The van der Waals surface area contributed by atoms with E-state index in [0.717, 1.165) is 16.3 Å². The number of fused-ring (bicyclic) bond motifs is 1. The van der Waals surface area contributed by atoms with Crippen LogP contribution in [0.5, 0.6) is 0 Å². The molecule has 1 aliphatic rings. The minimum Gasteiger partial charge on any atom is -0.507 e. The molecular formula is C26H19N3O3. The first-order chi connectivity index (χ1) is 15.6. The zero-order valence-corrected chi connectivity index (χ0v) is 17.1. The van der Waals surface area contributed by atoms with E-state index in [-0.39, 0.29) is 17.9 Å². The lowest BCUT2D eigenvalue weighted by Crippen LogP contribution is -2.29. The smallest absolute Gasteiger partial charge is 0.296 e. The maximum atomic E-state index is 13.1. The molecule has 1 saturated heterocycles. The molecule has 2 aromatic heterocycles. The zero-order valence-electron chi connectivity index (χ0n) is 17.1. The van der Waals surface area contributed by atoms with Gasteiger partial charge in [-0.2, -0.15) is 0 Å². The predicted octanol–water partition coefficient (Wildman–Crippen LogP) is 4.25. The molecule has 6 heteroatoms. The summed E-state index contributed by atoms with van der Waals surface area (Å²) in [5, 5.41) is 13.2. The Balaban J connectivity index is 1.66. The number of likely N-dealkylation sites (tertiary alicyclic amines) is 1. The second-order valence-electron chi connectivity index (χ2n) is 7.60. The monoisotopic (exact) mass is 421 g/mol. The molecular weight excluding hydrogens is 402 g/mol. The van der Waals surface area contributed by atoms with Gasteiger partial charge in [0.2, 0.25) is 0 Å². The molecule has 1 fully saturated rings. The van der Waals surface area contributed by atoms with Crippen molar-refractivity contribution in [1.29, 1.82) is 0 Å². The van der Waals surface area contributed by atoms with E-state index >= 15 is 0 Å². The number of nitrogens with zero attached hydrogens (tertiary/aromatic N) is 3. The number of aliphatic hydroxyl groups excluding tert-OH is 1. The van der Waals surface area contributed by atoms with Crippen LogP contribution < -0.4 is 0 Å². The summed E-state index contributed by atoms with van der Waals surface area (Å²) >= 11 is 0. The largest absolute Gasteiger partial charge is 0.507 e. The Morgan fingerprint density at radius 2 is 1.62 bits per heavy atom. The SMILES string of the molecule is O=C1C(=O)N(Cc2ccncc2)C(c2ccccn2)/C1=C(/O)c1ccc2ccccc2c1. The number of aliphatic hydroxyl groups is 1. The van der Waals surface area contributed by atoms with E-state index in [0.29, 0.717) is 11.3 Å². The molecule has 0 spiro atoms. The van der Waals surface area contributed by atoms with Crippen molar-refractivity contribution in [1.82, 2.24) is 14.9 Å². The molecule has 0 saturated carbocycles. The van der Waals surface area contributed by atoms with Gasteiger partial charge in [0.05, 0.1) is 11.3 Å². The summed E-state index contributed by atoms with van der Waals surface area (Å²) in [6.45, 7) is 0.197. The van der Waals surface area contributed by atoms with Gasteiger partial charge in [0, 0.05) is 30.7 Å². The number of pyridine rings is 2. The first-order valence-electron chi connectivity index (χ1n) is 10.2. The maximum absolute atomic E-state index is 13.1. The van der Waals surface area contributed by atoms with E-state index in [1.165, 1.54) is 4.90 Å². The Morgan fingerprint density at radius 1 is 0.875 bits per heavy atom. The van der Waals surface area contributed by atoms with Crippen LogP contribution in [0.15, 0.2) is 97.0 Å². The highest BCUT2D eigenvalue weighted by Crippen LogP contribution is 2.39. The van der Waals surface area contributed by atoms with Crippen LogP contribution in [0.2, 0.25) is 0 Å². The number of rotatable bonds is 4. The third-order valence-electron chi connectivity index (χ3n) is 5.63. The van der Waals surface area contributed by atoms with Crippen LogP contribution in [0.25, 0.3) is 16.5 Å². The van der Waals surface area contributed by atoms with E-state index in [4.69, 9.17) is 0 Å². The first-order valence-corrected chi connectivity index (χ1v) is 10.2. The van der Waals surface area contributed by atoms with Crippen molar-refractivity contribution >= 4 is 28.2 Å². The quantitative estimate of drug-likeness (QED) is 0.303. The number of hydrogen-bond donors (Lipinski definition) is 1. The van der Waals surface area contributed by atoms with Gasteiger partial charge >= 0.3 is 0 Å². The lowest BCUT2D eigenvalue weighted by molar-refractivity contribution is -0.140. The molecule has 6 nitrogen and oxygen atoms in total. The fourth-order valence-electron chi connectivity index (χ4n) is 4.07. The normalized spacial score (nSPS) is 17.8. The molecule has 1 amide bonds. The Morgan fingerprint density at radius 3 is 2.38 bits per heavy atom. The molecule has 0 bridgehead atoms. The van der Waals surface area contributed by atoms with Gasteiger partial charge < -0.3 is 10.0 Å².